The number of hydrogen-bond donors (Lipinski definition) is 2. The van der Waals surface area contributed by atoms with Gasteiger partial charge in [0, 0.05) is 27.3 Å². The molecule has 0 atom stereocenters. The molecule has 1 amide bonds. The lowest BCUT2D eigenvalue weighted by Crippen LogP contribution is -2.33. The standard InChI is InChI=1S/C8H15N5O/c1-10-7(14)5-12(2)8-6(9)4-13(3)11-8/h4H,5,9H2,1-3H3,(H,10,14). The van der Waals surface area contributed by atoms with Crippen LogP contribution in [0.3, 0.4) is 0 Å². The van der Waals surface area contributed by atoms with E-state index in [4.69, 9.17) is 5.73 Å². The van der Waals surface area contributed by atoms with Crippen molar-refractivity contribution in [2.45, 2.75) is 0 Å². The molecule has 1 rings (SSSR count). The largest absolute Gasteiger partial charge is 0.394 e. The normalized spacial score (nSPS) is 9.93. The highest BCUT2D eigenvalue weighted by Gasteiger charge is 2.11. The maximum absolute atomic E-state index is 11.1. The molecule has 0 saturated carbocycles. The van der Waals surface area contributed by atoms with Crippen molar-refractivity contribution >= 4 is 17.4 Å². The number of carbonyl (C=O) groups excluding carboxylic acids is 1. The smallest absolute Gasteiger partial charge is 0.239 e. The number of nitrogens with two attached hydrogens (primary N) is 1. The summed E-state index contributed by atoms with van der Waals surface area (Å²) in [4.78, 5) is 12.8. The number of carbonyl (C=O) groups is 1. The number of aromatic nitrogens is 2. The molecule has 14 heavy (non-hydrogen) atoms. The summed E-state index contributed by atoms with van der Waals surface area (Å²) in [7, 11) is 5.15. The number of hydrogen-bond acceptors (Lipinski definition) is 4. The first-order chi connectivity index (χ1) is 6.54. The Morgan fingerprint density at radius 1 is 1.79 bits per heavy atom. The van der Waals surface area contributed by atoms with Gasteiger partial charge in [0.2, 0.25) is 5.91 Å². The molecule has 0 bridgehead atoms. The highest BCUT2D eigenvalue weighted by molar-refractivity contribution is 5.81. The summed E-state index contributed by atoms with van der Waals surface area (Å²) < 4.78 is 1.62. The van der Waals surface area contributed by atoms with E-state index in [0.29, 0.717) is 11.5 Å². The number of likely N-dealkylation sites (N-methyl/N-ethyl adjacent to an activating group) is 2. The molecule has 0 radical (unpaired) electrons. The molecule has 1 aromatic heterocycles. The van der Waals surface area contributed by atoms with Gasteiger partial charge in [0.15, 0.2) is 5.82 Å². The molecule has 0 aliphatic carbocycles. The Morgan fingerprint density at radius 3 is 2.86 bits per heavy atom. The second-order valence-electron chi connectivity index (χ2n) is 3.11. The van der Waals surface area contributed by atoms with Crippen LogP contribution in [0.5, 0.6) is 0 Å². The molecule has 6 nitrogen and oxygen atoms in total. The SMILES string of the molecule is CNC(=O)CN(C)c1nn(C)cc1N. The monoisotopic (exact) mass is 197 g/mol. The molecule has 0 aromatic carbocycles. The fraction of sp³-hybridized carbons (Fsp3) is 0.500. The van der Waals surface area contributed by atoms with Gasteiger partial charge in [0.05, 0.1) is 12.2 Å². The lowest BCUT2D eigenvalue weighted by atomic mass is 10.4. The molecule has 0 saturated heterocycles. The van der Waals surface area contributed by atoms with E-state index in [2.05, 4.69) is 10.4 Å². The summed E-state index contributed by atoms with van der Waals surface area (Å²) in [5.74, 6) is 0.550. The average Bonchev–Trinajstić information content (AvgIpc) is 2.45. The molecule has 3 N–H and O–H groups in total. The van der Waals surface area contributed by atoms with Crippen LogP contribution < -0.4 is 16.0 Å². The van der Waals surface area contributed by atoms with E-state index >= 15 is 0 Å². The van der Waals surface area contributed by atoms with E-state index in [9.17, 15) is 4.79 Å². The third-order valence-corrected chi connectivity index (χ3v) is 1.86. The van der Waals surface area contributed by atoms with Gasteiger partial charge < -0.3 is 16.0 Å². The molecule has 6 heteroatoms. The first kappa shape index (κ1) is 10.4. The molecule has 0 unspecified atom stereocenters. The van der Waals surface area contributed by atoms with Gasteiger partial charge in [0.1, 0.15) is 0 Å². The minimum absolute atomic E-state index is 0.0717. The molecule has 0 aliphatic heterocycles. The predicted octanol–water partition coefficient (Wildman–Crippen LogP) is -0.815. The Labute approximate surface area is 82.7 Å². The van der Waals surface area contributed by atoms with Crippen molar-refractivity contribution < 1.29 is 4.79 Å². The van der Waals surface area contributed by atoms with Crippen LogP contribution in [0.1, 0.15) is 0 Å². The van der Waals surface area contributed by atoms with E-state index in [1.165, 1.54) is 0 Å². The first-order valence-corrected chi connectivity index (χ1v) is 4.25. The molecule has 1 heterocycles. The number of nitrogens with zero attached hydrogens (tertiary/aromatic N) is 3. The van der Waals surface area contributed by atoms with Crippen molar-refractivity contribution in [3.05, 3.63) is 6.20 Å². The third-order valence-electron chi connectivity index (χ3n) is 1.86. The van der Waals surface area contributed by atoms with E-state index < -0.39 is 0 Å². The van der Waals surface area contributed by atoms with Crippen molar-refractivity contribution in [2.24, 2.45) is 7.05 Å². The zero-order valence-electron chi connectivity index (χ0n) is 8.61. The minimum atomic E-state index is -0.0717. The molecule has 0 spiro atoms. The summed E-state index contributed by atoms with van der Waals surface area (Å²) in [6.45, 7) is 0.248. The molecule has 0 aliphatic rings. The van der Waals surface area contributed by atoms with E-state index in [1.807, 2.05) is 0 Å². The van der Waals surface area contributed by atoms with Crippen molar-refractivity contribution in [2.75, 3.05) is 31.3 Å². The Kier molecular flexibility index (Phi) is 2.95. The highest BCUT2D eigenvalue weighted by atomic mass is 16.1. The average molecular weight is 197 g/mol. The van der Waals surface area contributed by atoms with Crippen LogP contribution in [-0.4, -0.2) is 36.3 Å². The number of amides is 1. The maximum atomic E-state index is 11.1. The van der Waals surface area contributed by atoms with Crippen molar-refractivity contribution in [3.63, 3.8) is 0 Å². The highest BCUT2D eigenvalue weighted by Crippen LogP contribution is 2.17. The van der Waals surface area contributed by atoms with Crippen LogP contribution in [-0.2, 0) is 11.8 Å². The number of rotatable bonds is 3. The molecular weight excluding hydrogens is 182 g/mol. The van der Waals surface area contributed by atoms with Gasteiger partial charge in [0.25, 0.3) is 0 Å². The first-order valence-electron chi connectivity index (χ1n) is 4.25. The Morgan fingerprint density at radius 2 is 2.43 bits per heavy atom. The summed E-state index contributed by atoms with van der Waals surface area (Å²) >= 11 is 0. The van der Waals surface area contributed by atoms with Crippen LogP contribution >= 0.6 is 0 Å². The lowest BCUT2D eigenvalue weighted by molar-refractivity contribution is -0.119. The number of anilines is 2. The molecule has 1 aromatic rings. The molecular formula is C8H15N5O. The fourth-order valence-corrected chi connectivity index (χ4v) is 1.16. The van der Waals surface area contributed by atoms with E-state index in [1.54, 1.807) is 36.9 Å². The van der Waals surface area contributed by atoms with Gasteiger partial charge in [-0.1, -0.05) is 0 Å². The van der Waals surface area contributed by atoms with Crippen molar-refractivity contribution in [1.29, 1.82) is 0 Å². The van der Waals surface area contributed by atoms with Gasteiger partial charge in [-0.25, -0.2) is 0 Å². The summed E-state index contributed by atoms with van der Waals surface area (Å²) in [6.07, 6.45) is 1.70. The van der Waals surface area contributed by atoms with Crippen LogP contribution in [0.25, 0.3) is 0 Å². The Bertz CT molecular complexity index is 332. The van der Waals surface area contributed by atoms with Crippen LogP contribution in [0.15, 0.2) is 6.20 Å². The topological polar surface area (TPSA) is 76.2 Å². The van der Waals surface area contributed by atoms with E-state index in [0.717, 1.165) is 0 Å². The predicted molar refractivity (Wildman–Crippen MR) is 55.0 cm³/mol. The van der Waals surface area contributed by atoms with Crippen molar-refractivity contribution in [1.82, 2.24) is 15.1 Å². The molecule has 0 fully saturated rings. The van der Waals surface area contributed by atoms with Crippen LogP contribution in [0, 0.1) is 0 Å². The fourth-order valence-electron chi connectivity index (χ4n) is 1.16. The number of nitrogens with one attached hydrogen (secondary N) is 1. The number of aryl methyl sites for hydroxylation is 1. The summed E-state index contributed by atoms with van der Waals surface area (Å²) in [5, 5.41) is 6.67. The summed E-state index contributed by atoms with van der Waals surface area (Å²) in [5.41, 5.74) is 6.27. The van der Waals surface area contributed by atoms with Crippen LogP contribution in [0.2, 0.25) is 0 Å². The lowest BCUT2D eigenvalue weighted by Gasteiger charge is -2.15. The van der Waals surface area contributed by atoms with Crippen LogP contribution in [0.4, 0.5) is 11.5 Å². The minimum Gasteiger partial charge on any atom is -0.394 e. The van der Waals surface area contributed by atoms with E-state index in [-0.39, 0.29) is 12.5 Å². The third kappa shape index (κ3) is 2.15. The van der Waals surface area contributed by atoms with Gasteiger partial charge in [-0.05, 0) is 0 Å². The number of nitrogen functional groups attached to an aromatic ring is 1. The Hall–Kier alpha value is -1.72. The van der Waals surface area contributed by atoms with Crippen molar-refractivity contribution in [3.8, 4) is 0 Å². The summed E-state index contributed by atoms with van der Waals surface area (Å²) in [6, 6.07) is 0. The van der Waals surface area contributed by atoms with Gasteiger partial charge in [-0.2, -0.15) is 5.10 Å². The second-order valence-corrected chi connectivity index (χ2v) is 3.11. The molecule has 78 valence electrons. The second kappa shape index (κ2) is 3.99. The zero-order valence-corrected chi connectivity index (χ0v) is 8.61. The maximum Gasteiger partial charge on any atom is 0.239 e. The van der Waals surface area contributed by atoms with Gasteiger partial charge in [-0.15, -0.1) is 0 Å². The van der Waals surface area contributed by atoms with Gasteiger partial charge in [-0.3, -0.25) is 9.48 Å². The zero-order chi connectivity index (χ0) is 10.7. The quantitative estimate of drug-likeness (QED) is 0.664. The Balaban J connectivity index is 2.73. The van der Waals surface area contributed by atoms with Gasteiger partial charge >= 0.3 is 0 Å².